The van der Waals surface area contributed by atoms with Gasteiger partial charge in [0.05, 0.1) is 36.4 Å². The number of aliphatic hydroxyl groups excluding tert-OH is 1. The second kappa shape index (κ2) is 11.7. The SMILES string of the molecule is COC(=O)c1cccc(OCCCCOc2cc3nn(C4CCC(CO)CC4)cc3cc2Br)n1. The third-order valence-electron chi connectivity index (χ3n) is 6.19. The quantitative estimate of drug-likeness (QED) is 0.292. The Morgan fingerprint density at radius 2 is 1.91 bits per heavy atom. The van der Waals surface area contributed by atoms with Crippen molar-refractivity contribution >= 4 is 32.8 Å². The van der Waals surface area contributed by atoms with Gasteiger partial charge in [0.25, 0.3) is 0 Å². The first kappa shape index (κ1) is 24.5. The van der Waals surface area contributed by atoms with E-state index in [0.717, 1.165) is 59.7 Å². The molecule has 2 aromatic heterocycles. The molecule has 34 heavy (non-hydrogen) atoms. The fourth-order valence-corrected chi connectivity index (χ4v) is 4.69. The van der Waals surface area contributed by atoms with Crippen molar-refractivity contribution in [2.24, 2.45) is 5.92 Å². The molecule has 9 heteroatoms. The van der Waals surface area contributed by atoms with Crippen molar-refractivity contribution in [1.82, 2.24) is 14.8 Å². The van der Waals surface area contributed by atoms with Gasteiger partial charge in [-0.2, -0.15) is 5.10 Å². The Balaban J connectivity index is 1.25. The summed E-state index contributed by atoms with van der Waals surface area (Å²) in [5.41, 5.74) is 1.14. The first-order chi connectivity index (χ1) is 16.6. The van der Waals surface area contributed by atoms with E-state index in [4.69, 9.17) is 14.6 Å². The van der Waals surface area contributed by atoms with Gasteiger partial charge >= 0.3 is 5.97 Å². The maximum atomic E-state index is 11.6. The van der Waals surface area contributed by atoms with Crippen molar-refractivity contribution < 1.29 is 24.1 Å². The van der Waals surface area contributed by atoms with Crippen LogP contribution < -0.4 is 9.47 Å². The lowest BCUT2D eigenvalue weighted by atomic mass is 9.87. The van der Waals surface area contributed by atoms with E-state index in [0.29, 0.717) is 31.1 Å². The van der Waals surface area contributed by atoms with Crippen LogP contribution in [-0.4, -0.2) is 52.8 Å². The molecule has 1 fully saturated rings. The summed E-state index contributed by atoms with van der Waals surface area (Å²) in [5.74, 6) is 1.12. The van der Waals surface area contributed by atoms with Crippen molar-refractivity contribution in [3.8, 4) is 11.6 Å². The highest BCUT2D eigenvalue weighted by molar-refractivity contribution is 9.10. The zero-order chi connectivity index (χ0) is 23.9. The predicted molar refractivity (Wildman–Crippen MR) is 131 cm³/mol. The number of carbonyl (C=O) groups is 1. The second-order valence-corrected chi connectivity index (χ2v) is 9.42. The van der Waals surface area contributed by atoms with E-state index in [2.05, 4.69) is 42.6 Å². The summed E-state index contributed by atoms with van der Waals surface area (Å²) in [6, 6.07) is 9.44. The molecule has 4 rings (SSSR count). The van der Waals surface area contributed by atoms with Gasteiger partial charge in [0.1, 0.15) is 5.75 Å². The highest BCUT2D eigenvalue weighted by Crippen LogP contribution is 2.34. The lowest BCUT2D eigenvalue weighted by Gasteiger charge is -2.27. The van der Waals surface area contributed by atoms with Gasteiger partial charge in [-0.15, -0.1) is 0 Å². The van der Waals surface area contributed by atoms with E-state index < -0.39 is 5.97 Å². The Morgan fingerprint density at radius 1 is 1.15 bits per heavy atom. The molecular formula is C25H30BrN3O5. The molecule has 2 heterocycles. The average molecular weight is 532 g/mol. The number of aliphatic hydroxyl groups is 1. The second-order valence-electron chi connectivity index (χ2n) is 8.56. The minimum Gasteiger partial charge on any atom is -0.492 e. The molecule has 0 aliphatic heterocycles. The number of carbonyl (C=O) groups excluding carboxylic acids is 1. The average Bonchev–Trinajstić information content (AvgIpc) is 3.28. The van der Waals surface area contributed by atoms with Crippen LogP contribution in [0.25, 0.3) is 10.9 Å². The summed E-state index contributed by atoms with van der Waals surface area (Å²) in [4.78, 5) is 15.7. The monoisotopic (exact) mass is 531 g/mol. The van der Waals surface area contributed by atoms with Crippen molar-refractivity contribution in [3.05, 3.63) is 46.7 Å². The van der Waals surface area contributed by atoms with Crippen molar-refractivity contribution in [3.63, 3.8) is 0 Å². The first-order valence-corrected chi connectivity index (χ1v) is 12.5. The molecule has 1 aromatic carbocycles. The van der Waals surface area contributed by atoms with Crippen LogP contribution >= 0.6 is 15.9 Å². The van der Waals surface area contributed by atoms with Crippen molar-refractivity contribution in [1.29, 1.82) is 0 Å². The molecule has 0 spiro atoms. The third-order valence-corrected chi connectivity index (χ3v) is 6.81. The number of rotatable bonds is 10. The minimum atomic E-state index is -0.486. The number of fused-ring (bicyclic) bond motifs is 1. The minimum absolute atomic E-state index is 0.226. The Morgan fingerprint density at radius 3 is 2.65 bits per heavy atom. The Bertz CT molecular complexity index is 1110. The van der Waals surface area contributed by atoms with Gasteiger partial charge in [0.15, 0.2) is 5.69 Å². The molecule has 0 amide bonds. The highest BCUT2D eigenvalue weighted by Gasteiger charge is 2.23. The molecule has 0 radical (unpaired) electrons. The number of methoxy groups -OCH3 is 1. The smallest absolute Gasteiger partial charge is 0.356 e. The molecule has 1 aliphatic carbocycles. The van der Waals surface area contributed by atoms with Gasteiger partial charge in [0, 0.05) is 30.3 Å². The van der Waals surface area contributed by atoms with Crippen LogP contribution in [0.3, 0.4) is 0 Å². The molecule has 0 saturated heterocycles. The summed E-state index contributed by atoms with van der Waals surface area (Å²) in [6.07, 6.45) is 7.90. The van der Waals surface area contributed by atoms with Crippen LogP contribution in [0.2, 0.25) is 0 Å². The largest absolute Gasteiger partial charge is 0.492 e. The number of aromatic nitrogens is 3. The first-order valence-electron chi connectivity index (χ1n) is 11.7. The maximum Gasteiger partial charge on any atom is 0.356 e. The molecule has 1 saturated carbocycles. The third kappa shape index (κ3) is 6.07. The van der Waals surface area contributed by atoms with Crippen LogP contribution in [0.15, 0.2) is 41.0 Å². The summed E-state index contributed by atoms with van der Waals surface area (Å²) >= 11 is 3.62. The zero-order valence-electron chi connectivity index (χ0n) is 19.3. The van der Waals surface area contributed by atoms with Gasteiger partial charge in [0.2, 0.25) is 5.88 Å². The number of halogens is 1. The van der Waals surface area contributed by atoms with Crippen molar-refractivity contribution in [2.75, 3.05) is 26.9 Å². The number of pyridine rings is 1. The molecular weight excluding hydrogens is 502 g/mol. The number of unbranched alkanes of at least 4 members (excludes halogenated alkanes) is 1. The molecule has 3 aromatic rings. The molecule has 8 nitrogen and oxygen atoms in total. The molecule has 0 bridgehead atoms. The fourth-order valence-electron chi connectivity index (χ4n) is 4.21. The van der Waals surface area contributed by atoms with Gasteiger partial charge in [-0.1, -0.05) is 6.07 Å². The summed E-state index contributed by atoms with van der Waals surface area (Å²) < 4.78 is 19.3. The topological polar surface area (TPSA) is 95.7 Å². The standard InChI is InChI=1S/C25H30BrN3O5/c1-32-25(31)21-5-4-6-24(27-21)34-12-3-2-11-33-23-14-22-18(13-20(23)26)15-29(28-22)19-9-7-17(16-30)8-10-19/h4-6,13-15,17,19,30H,2-3,7-12,16H2,1H3. The number of nitrogens with zero attached hydrogens (tertiary/aromatic N) is 3. The van der Waals surface area contributed by atoms with E-state index >= 15 is 0 Å². The maximum absolute atomic E-state index is 11.6. The van der Waals surface area contributed by atoms with Gasteiger partial charge < -0.3 is 19.3 Å². The lowest BCUT2D eigenvalue weighted by Crippen LogP contribution is -2.20. The zero-order valence-corrected chi connectivity index (χ0v) is 20.9. The highest BCUT2D eigenvalue weighted by atomic mass is 79.9. The molecule has 1 N–H and O–H groups in total. The van der Waals surface area contributed by atoms with Crippen molar-refractivity contribution in [2.45, 2.75) is 44.6 Å². The number of ether oxygens (including phenoxy) is 3. The molecule has 1 aliphatic rings. The van der Waals surface area contributed by atoms with Gasteiger partial charge in [-0.25, -0.2) is 9.78 Å². The number of benzene rings is 1. The normalized spacial score (nSPS) is 18.1. The Kier molecular flexibility index (Phi) is 8.39. The van der Waals surface area contributed by atoms with Crippen LogP contribution in [0.1, 0.15) is 55.1 Å². The molecule has 182 valence electrons. The number of hydrogen-bond acceptors (Lipinski definition) is 7. The van der Waals surface area contributed by atoms with Crippen LogP contribution in [0, 0.1) is 5.92 Å². The number of esters is 1. The lowest BCUT2D eigenvalue weighted by molar-refractivity contribution is 0.0592. The van der Waals surface area contributed by atoms with Crippen LogP contribution in [0.4, 0.5) is 0 Å². The Hall–Kier alpha value is -2.65. The number of hydrogen-bond donors (Lipinski definition) is 1. The van der Waals surface area contributed by atoms with E-state index in [1.165, 1.54) is 7.11 Å². The Labute approximate surface area is 207 Å². The van der Waals surface area contributed by atoms with E-state index in [1.807, 2.05) is 6.07 Å². The van der Waals surface area contributed by atoms with Crippen LogP contribution in [-0.2, 0) is 4.74 Å². The summed E-state index contributed by atoms with van der Waals surface area (Å²) in [5, 5.41) is 15.2. The van der Waals surface area contributed by atoms with E-state index in [9.17, 15) is 9.90 Å². The van der Waals surface area contributed by atoms with E-state index in [-0.39, 0.29) is 12.3 Å². The van der Waals surface area contributed by atoms with E-state index in [1.54, 1.807) is 18.2 Å². The summed E-state index contributed by atoms with van der Waals surface area (Å²) in [6.45, 7) is 1.31. The van der Waals surface area contributed by atoms with Gasteiger partial charge in [-0.05, 0) is 72.5 Å². The predicted octanol–water partition coefficient (Wildman–Crippen LogP) is 4.94. The van der Waals surface area contributed by atoms with Crippen LogP contribution in [0.5, 0.6) is 11.6 Å². The fraction of sp³-hybridized carbons (Fsp3) is 0.480. The summed E-state index contributed by atoms with van der Waals surface area (Å²) in [7, 11) is 1.32. The van der Waals surface area contributed by atoms with Gasteiger partial charge in [-0.3, -0.25) is 4.68 Å². The molecule has 0 unspecified atom stereocenters. The molecule has 0 atom stereocenters.